The molecule has 0 unspecified atom stereocenters. The molecule has 1 fully saturated rings. The van der Waals surface area contributed by atoms with Crippen LogP contribution in [0.2, 0.25) is 0 Å². The molecule has 1 aromatic rings. The number of nitrogens with zero attached hydrogens (tertiary/aromatic N) is 5. The van der Waals surface area contributed by atoms with E-state index in [0.29, 0.717) is 5.69 Å². The third kappa shape index (κ3) is 14.1. The molecule has 2 rings (SSSR count). The van der Waals surface area contributed by atoms with Gasteiger partial charge in [-0.3, -0.25) is 34.0 Å². The number of carbonyl (C=O) groups is 5. The van der Waals surface area contributed by atoms with Crippen LogP contribution in [-0.2, 0) is 24.0 Å². The van der Waals surface area contributed by atoms with Crippen LogP contribution in [0.1, 0.15) is 0 Å². The van der Waals surface area contributed by atoms with E-state index in [1.54, 1.807) is 49.9 Å². The molecule has 0 saturated carbocycles. The molecular weight excluding hydrogens is 660 g/mol. The van der Waals surface area contributed by atoms with Crippen LogP contribution in [0.15, 0.2) is 30.3 Å². The summed E-state index contributed by atoms with van der Waals surface area (Å²) in [6.45, 7) is -0.132. The molecule has 215 valence electrons. The van der Waals surface area contributed by atoms with Crippen LogP contribution in [0.4, 0.5) is 5.69 Å². The number of rotatable bonds is 11. The van der Waals surface area contributed by atoms with Gasteiger partial charge in [0, 0.05) is 71.1 Å². The van der Waals surface area contributed by atoms with E-state index in [2.05, 4.69) is 0 Å². The Kier molecular flexibility index (Phi) is 16.2. The van der Waals surface area contributed by atoms with Crippen molar-refractivity contribution in [2.45, 2.75) is 0 Å². The van der Waals surface area contributed by atoms with Crippen LogP contribution in [-0.4, -0.2) is 145 Å². The molecule has 1 aromatic carbocycles. The summed E-state index contributed by atoms with van der Waals surface area (Å²) in [6.07, 6.45) is 0. The van der Waals surface area contributed by atoms with E-state index in [0.717, 1.165) is 4.90 Å². The van der Waals surface area contributed by atoms with E-state index in [4.69, 9.17) is 0 Å². The molecule has 1 amide bonds. The molecule has 2 N–H and O–H groups in total. The number of carboxylic acid groups (broad SMARTS) is 4. The molecule has 14 nitrogen and oxygen atoms in total. The van der Waals surface area contributed by atoms with Gasteiger partial charge in [-0.2, -0.15) is 0 Å². The van der Waals surface area contributed by atoms with Crippen molar-refractivity contribution >= 4 is 35.5 Å². The summed E-state index contributed by atoms with van der Waals surface area (Å²) >= 11 is 0. The first-order valence-electron chi connectivity index (χ1n) is 12.1. The second-order valence-electron chi connectivity index (χ2n) is 8.95. The molecular formula is C24H33GdN5O9+. The number of hydrogen-bond donors (Lipinski definition) is 2. The molecule has 15 heteroatoms. The summed E-state index contributed by atoms with van der Waals surface area (Å²) in [4.78, 5) is 66.1. The summed E-state index contributed by atoms with van der Waals surface area (Å²) < 4.78 is 0. The van der Waals surface area contributed by atoms with Crippen molar-refractivity contribution < 1.29 is 84.3 Å². The molecule has 1 aliphatic heterocycles. The average Bonchev–Trinajstić information content (AvgIpc) is 2.83. The van der Waals surface area contributed by atoms with E-state index in [1.165, 1.54) is 0 Å². The van der Waals surface area contributed by atoms with E-state index in [-0.39, 0.29) is 112 Å². The van der Waals surface area contributed by atoms with Gasteiger partial charge in [0.15, 0.2) is 0 Å². The van der Waals surface area contributed by atoms with Gasteiger partial charge in [-0.25, -0.2) is 0 Å². The molecule has 0 spiro atoms. The predicted octanol–water partition coefficient (Wildman–Crippen LogP) is -4.09. The van der Waals surface area contributed by atoms with Crippen molar-refractivity contribution in [2.75, 3.05) is 90.0 Å². The first-order valence-corrected chi connectivity index (χ1v) is 12.1. The van der Waals surface area contributed by atoms with Gasteiger partial charge in [-0.15, -0.1) is 0 Å². The van der Waals surface area contributed by atoms with Crippen LogP contribution in [0.3, 0.4) is 0 Å². The largest absolute Gasteiger partial charge is 3.00 e. The Bertz CT molecular complexity index is 937. The van der Waals surface area contributed by atoms with Crippen molar-refractivity contribution in [3.05, 3.63) is 30.3 Å². The summed E-state index contributed by atoms with van der Waals surface area (Å²) in [5, 5.41) is 41.1. The molecule has 1 heterocycles. The zero-order chi connectivity index (χ0) is 28.1. The third-order valence-corrected chi connectivity index (χ3v) is 6.02. The SMILES string of the molecule is O=C([O-])CN1CCN(CC(=O)[O-])CCN(CC(=O)N(CC(=O)O)c2ccccc2)CCN(CC(=O)O)CC1.[Gd+3]. The zero-order valence-corrected chi connectivity index (χ0v) is 23.7. The molecule has 1 radical (unpaired) electrons. The molecule has 0 atom stereocenters. The van der Waals surface area contributed by atoms with E-state index >= 15 is 0 Å². The quantitative estimate of drug-likeness (QED) is 0.228. The second kappa shape index (κ2) is 18.2. The first kappa shape index (κ1) is 34.8. The second-order valence-corrected chi connectivity index (χ2v) is 8.95. The smallest absolute Gasteiger partial charge is 0.549 e. The number of aliphatic carboxylic acids is 4. The number of hydrogen-bond acceptors (Lipinski definition) is 11. The Morgan fingerprint density at radius 3 is 1.38 bits per heavy atom. The van der Waals surface area contributed by atoms with Crippen molar-refractivity contribution in [2.24, 2.45) is 0 Å². The summed E-state index contributed by atoms with van der Waals surface area (Å²) in [7, 11) is 0. The average molecular weight is 693 g/mol. The summed E-state index contributed by atoms with van der Waals surface area (Å²) in [5.41, 5.74) is 0.411. The molecule has 0 aromatic heterocycles. The van der Waals surface area contributed by atoms with Gasteiger partial charge in [0.1, 0.15) is 6.54 Å². The normalized spacial score (nSPS) is 16.7. The van der Waals surface area contributed by atoms with Crippen molar-refractivity contribution in [3.8, 4) is 0 Å². The minimum atomic E-state index is -1.31. The monoisotopic (exact) mass is 693 g/mol. The van der Waals surface area contributed by atoms with Gasteiger partial charge in [-0.05, 0) is 12.1 Å². The Labute approximate surface area is 258 Å². The van der Waals surface area contributed by atoms with Crippen LogP contribution in [0.25, 0.3) is 0 Å². The van der Waals surface area contributed by atoms with Gasteiger partial charge in [0.25, 0.3) is 0 Å². The Morgan fingerprint density at radius 2 is 1.03 bits per heavy atom. The fraction of sp³-hybridized carbons (Fsp3) is 0.542. The van der Waals surface area contributed by atoms with Crippen molar-refractivity contribution in [3.63, 3.8) is 0 Å². The molecule has 0 bridgehead atoms. The van der Waals surface area contributed by atoms with Gasteiger partial charge in [0.05, 0.1) is 25.0 Å². The van der Waals surface area contributed by atoms with Gasteiger partial charge in [-0.1, -0.05) is 18.2 Å². The zero-order valence-electron chi connectivity index (χ0n) is 21.4. The van der Waals surface area contributed by atoms with Crippen LogP contribution in [0.5, 0.6) is 0 Å². The number of anilines is 1. The fourth-order valence-corrected chi connectivity index (χ4v) is 4.11. The molecule has 1 aliphatic rings. The molecule has 1 saturated heterocycles. The predicted molar refractivity (Wildman–Crippen MR) is 130 cm³/mol. The minimum Gasteiger partial charge on any atom is -0.549 e. The molecule has 39 heavy (non-hydrogen) atoms. The number of carboxylic acids is 4. The van der Waals surface area contributed by atoms with Gasteiger partial charge < -0.3 is 34.9 Å². The Morgan fingerprint density at radius 1 is 0.641 bits per heavy atom. The fourth-order valence-electron chi connectivity index (χ4n) is 4.11. The van der Waals surface area contributed by atoms with Crippen LogP contribution in [0, 0.1) is 39.9 Å². The number of para-hydroxylation sites is 1. The maximum Gasteiger partial charge on any atom is 3.00 e. The maximum atomic E-state index is 13.2. The minimum absolute atomic E-state index is 0. The topological polar surface area (TPSA) is 188 Å². The standard InChI is InChI=1S/C24H35N5O9.Gd/c30-20(29(18-24(37)38)19-4-2-1-3-5-19)14-25-6-8-26(15-21(31)32)10-12-28(17-23(35)36)13-11-27(9-7-25)16-22(33)34;/h1-5H,6-18H2,(H,31,32)(H,33,34)(H,35,36)(H,37,38);/q;+3/p-2. The summed E-state index contributed by atoms with van der Waals surface area (Å²) in [6, 6.07) is 8.33. The maximum absolute atomic E-state index is 13.2. The third-order valence-electron chi connectivity index (χ3n) is 6.02. The number of carbonyl (C=O) groups excluding carboxylic acids is 3. The number of amides is 1. The van der Waals surface area contributed by atoms with Gasteiger partial charge in [0.2, 0.25) is 5.91 Å². The molecule has 0 aliphatic carbocycles. The Balaban J connectivity index is 0.00000760. The van der Waals surface area contributed by atoms with Crippen molar-refractivity contribution in [1.82, 2.24) is 19.6 Å². The number of benzene rings is 1. The van der Waals surface area contributed by atoms with Crippen molar-refractivity contribution in [1.29, 1.82) is 0 Å². The van der Waals surface area contributed by atoms with Gasteiger partial charge >= 0.3 is 51.9 Å². The van der Waals surface area contributed by atoms with E-state index < -0.39 is 42.9 Å². The first-order chi connectivity index (χ1) is 18.0. The van der Waals surface area contributed by atoms with E-state index in [1.807, 2.05) is 0 Å². The van der Waals surface area contributed by atoms with Crippen LogP contribution >= 0.6 is 0 Å². The van der Waals surface area contributed by atoms with E-state index in [9.17, 15) is 44.4 Å². The van der Waals surface area contributed by atoms with Crippen LogP contribution < -0.4 is 15.1 Å². The summed E-state index contributed by atoms with van der Waals surface area (Å²) in [5.74, 6) is -5.35. The Hall–Kier alpha value is -2.27.